The molecule has 0 saturated heterocycles. The van der Waals surface area contributed by atoms with E-state index in [4.69, 9.17) is 4.99 Å². The molecule has 0 spiro atoms. The van der Waals surface area contributed by atoms with Crippen molar-refractivity contribution in [2.75, 3.05) is 32.7 Å². The standard InChI is InChI=1S/C19H41N3/c1-6-11-12-13-14-15-16-20-19(21(9-4)10-5)22(17-7-2)18-8-3/h6-18H2,1-5H3. The maximum atomic E-state index is 4.99. The molecule has 0 atom stereocenters. The van der Waals surface area contributed by atoms with E-state index < -0.39 is 0 Å². The van der Waals surface area contributed by atoms with E-state index in [0.717, 1.165) is 32.7 Å². The van der Waals surface area contributed by atoms with Crippen molar-refractivity contribution in [1.29, 1.82) is 0 Å². The van der Waals surface area contributed by atoms with Crippen molar-refractivity contribution in [1.82, 2.24) is 9.80 Å². The molecule has 0 rings (SSSR count). The molecule has 0 radical (unpaired) electrons. The zero-order valence-corrected chi connectivity index (χ0v) is 16.0. The summed E-state index contributed by atoms with van der Waals surface area (Å²) in [6.45, 7) is 16.6. The molecule has 22 heavy (non-hydrogen) atoms. The fourth-order valence-corrected chi connectivity index (χ4v) is 2.83. The van der Waals surface area contributed by atoms with E-state index in [9.17, 15) is 0 Å². The van der Waals surface area contributed by atoms with Crippen LogP contribution in [-0.2, 0) is 0 Å². The second-order valence-corrected chi connectivity index (χ2v) is 6.11. The van der Waals surface area contributed by atoms with Crippen molar-refractivity contribution in [3.8, 4) is 0 Å². The Morgan fingerprint density at radius 1 is 0.636 bits per heavy atom. The second-order valence-electron chi connectivity index (χ2n) is 6.11. The van der Waals surface area contributed by atoms with Crippen molar-refractivity contribution in [3.05, 3.63) is 0 Å². The highest BCUT2D eigenvalue weighted by Crippen LogP contribution is 2.07. The first-order valence-corrected chi connectivity index (χ1v) is 9.79. The van der Waals surface area contributed by atoms with E-state index in [0.29, 0.717) is 0 Å². The smallest absolute Gasteiger partial charge is 0.196 e. The lowest BCUT2D eigenvalue weighted by Crippen LogP contribution is -2.45. The van der Waals surface area contributed by atoms with Gasteiger partial charge in [-0.25, -0.2) is 0 Å². The van der Waals surface area contributed by atoms with Gasteiger partial charge >= 0.3 is 0 Å². The first-order chi connectivity index (χ1) is 10.7. The van der Waals surface area contributed by atoms with Crippen LogP contribution in [0.25, 0.3) is 0 Å². The lowest BCUT2D eigenvalue weighted by Gasteiger charge is -2.33. The maximum absolute atomic E-state index is 4.99. The molecule has 0 aliphatic carbocycles. The molecule has 0 aliphatic heterocycles. The third-order valence-corrected chi connectivity index (χ3v) is 4.08. The van der Waals surface area contributed by atoms with Crippen LogP contribution >= 0.6 is 0 Å². The molecular formula is C19H41N3. The zero-order chi connectivity index (χ0) is 16.6. The lowest BCUT2D eigenvalue weighted by molar-refractivity contribution is 0.328. The first-order valence-electron chi connectivity index (χ1n) is 9.79. The van der Waals surface area contributed by atoms with Crippen LogP contribution in [0.1, 0.15) is 86.0 Å². The number of hydrogen-bond donors (Lipinski definition) is 0. The van der Waals surface area contributed by atoms with Crippen molar-refractivity contribution in [3.63, 3.8) is 0 Å². The van der Waals surface area contributed by atoms with E-state index in [1.807, 2.05) is 0 Å². The summed E-state index contributed by atoms with van der Waals surface area (Å²) in [5.41, 5.74) is 0. The summed E-state index contributed by atoms with van der Waals surface area (Å²) in [5, 5.41) is 0. The summed E-state index contributed by atoms with van der Waals surface area (Å²) in [6, 6.07) is 0. The fraction of sp³-hybridized carbons (Fsp3) is 0.947. The van der Waals surface area contributed by atoms with Crippen molar-refractivity contribution >= 4 is 5.96 Å². The third kappa shape index (κ3) is 9.32. The molecule has 3 nitrogen and oxygen atoms in total. The van der Waals surface area contributed by atoms with Gasteiger partial charge in [-0.05, 0) is 33.1 Å². The van der Waals surface area contributed by atoms with Gasteiger partial charge in [0.15, 0.2) is 5.96 Å². The molecular weight excluding hydrogens is 270 g/mol. The van der Waals surface area contributed by atoms with Crippen LogP contribution in [0.3, 0.4) is 0 Å². The summed E-state index contributed by atoms with van der Waals surface area (Å²) in [6.07, 6.45) is 10.4. The number of rotatable bonds is 13. The maximum Gasteiger partial charge on any atom is 0.196 e. The number of aliphatic imine (C=N–C) groups is 1. The zero-order valence-electron chi connectivity index (χ0n) is 16.0. The Bertz CT molecular complexity index is 253. The topological polar surface area (TPSA) is 18.8 Å². The average Bonchev–Trinajstić information content (AvgIpc) is 2.53. The molecule has 0 aliphatic rings. The molecule has 0 N–H and O–H groups in total. The Morgan fingerprint density at radius 2 is 1.18 bits per heavy atom. The summed E-state index contributed by atoms with van der Waals surface area (Å²) >= 11 is 0. The Balaban J connectivity index is 4.51. The van der Waals surface area contributed by atoms with Gasteiger partial charge in [0.2, 0.25) is 0 Å². The number of hydrogen-bond acceptors (Lipinski definition) is 1. The van der Waals surface area contributed by atoms with Crippen molar-refractivity contribution < 1.29 is 0 Å². The highest BCUT2D eigenvalue weighted by atomic mass is 15.4. The van der Waals surface area contributed by atoms with E-state index in [1.54, 1.807) is 0 Å². The van der Waals surface area contributed by atoms with Gasteiger partial charge in [0.1, 0.15) is 0 Å². The van der Waals surface area contributed by atoms with Gasteiger partial charge in [0, 0.05) is 32.7 Å². The van der Waals surface area contributed by atoms with Gasteiger partial charge in [0.25, 0.3) is 0 Å². The summed E-state index contributed by atoms with van der Waals surface area (Å²) in [4.78, 5) is 9.90. The molecule has 132 valence electrons. The highest BCUT2D eigenvalue weighted by Gasteiger charge is 2.14. The molecule has 0 aromatic heterocycles. The minimum Gasteiger partial charge on any atom is -0.343 e. The quantitative estimate of drug-likeness (QED) is 0.265. The molecule has 0 aromatic carbocycles. The van der Waals surface area contributed by atoms with Gasteiger partial charge in [-0.2, -0.15) is 0 Å². The largest absolute Gasteiger partial charge is 0.343 e. The summed E-state index contributed by atoms with van der Waals surface area (Å²) in [5.74, 6) is 1.24. The van der Waals surface area contributed by atoms with Crippen LogP contribution in [0.4, 0.5) is 0 Å². The Labute approximate surface area is 140 Å². The Hall–Kier alpha value is -0.730. The van der Waals surface area contributed by atoms with Crippen LogP contribution in [0.15, 0.2) is 4.99 Å². The van der Waals surface area contributed by atoms with Gasteiger partial charge < -0.3 is 9.80 Å². The number of unbranched alkanes of at least 4 members (excludes halogenated alkanes) is 5. The van der Waals surface area contributed by atoms with Crippen LogP contribution in [-0.4, -0.2) is 48.5 Å². The fourth-order valence-electron chi connectivity index (χ4n) is 2.83. The summed E-state index contributed by atoms with van der Waals surface area (Å²) < 4.78 is 0. The van der Waals surface area contributed by atoms with Crippen molar-refractivity contribution in [2.24, 2.45) is 4.99 Å². The van der Waals surface area contributed by atoms with Gasteiger partial charge in [-0.3, -0.25) is 4.99 Å². The van der Waals surface area contributed by atoms with Crippen LogP contribution < -0.4 is 0 Å². The SMILES string of the molecule is CCCCCCCCN=C(N(CC)CC)N(CCC)CCC. The van der Waals surface area contributed by atoms with E-state index in [-0.39, 0.29) is 0 Å². The minimum atomic E-state index is 0.988. The molecule has 0 heterocycles. The molecule has 0 unspecified atom stereocenters. The molecule has 0 saturated carbocycles. The molecule has 0 aromatic rings. The highest BCUT2D eigenvalue weighted by molar-refractivity contribution is 5.80. The first kappa shape index (κ1) is 21.3. The average molecular weight is 312 g/mol. The predicted octanol–water partition coefficient (Wildman–Crippen LogP) is 5.17. The normalized spacial score (nSPS) is 11.8. The number of nitrogens with zero attached hydrogens (tertiary/aromatic N) is 3. The van der Waals surface area contributed by atoms with Gasteiger partial charge in [-0.1, -0.05) is 52.9 Å². The van der Waals surface area contributed by atoms with E-state index in [2.05, 4.69) is 44.4 Å². The Kier molecular flexibility index (Phi) is 14.7. The summed E-state index contributed by atoms with van der Waals surface area (Å²) in [7, 11) is 0. The van der Waals surface area contributed by atoms with E-state index in [1.165, 1.54) is 57.3 Å². The van der Waals surface area contributed by atoms with Crippen molar-refractivity contribution in [2.45, 2.75) is 86.0 Å². The molecule has 0 bridgehead atoms. The van der Waals surface area contributed by atoms with E-state index >= 15 is 0 Å². The number of guanidine groups is 1. The van der Waals surface area contributed by atoms with Crippen LogP contribution in [0.2, 0.25) is 0 Å². The van der Waals surface area contributed by atoms with Gasteiger partial charge in [0.05, 0.1) is 0 Å². The third-order valence-electron chi connectivity index (χ3n) is 4.08. The predicted molar refractivity (Wildman–Crippen MR) is 101 cm³/mol. The molecule has 0 fully saturated rings. The molecule has 0 amide bonds. The molecule has 3 heteroatoms. The van der Waals surface area contributed by atoms with Gasteiger partial charge in [-0.15, -0.1) is 0 Å². The minimum absolute atomic E-state index is 0.988. The van der Waals surface area contributed by atoms with Crippen LogP contribution in [0, 0.1) is 0 Å². The Morgan fingerprint density at radius 3 is 1.68 bits per heavy atom. The lowest BCUT2D eigenvalue weighted by atomic mass is 10.1. The second kappa shape index (κ2) is 15.2. The monoisotopic (exact) mass is 311 g/mol. The van der Waals surface area contributed by atoms with Crippen LogP contribution in [0.5, 0.6) is 0 Å².